The van der Waals surface area contributed by atoms with E-state index in [2.05, 4.69) is 26.6 Å². The normalized spacial score (nSPS) is 19.1. The number of anilines is 1. The summed E-state index contributed by atoms with van der Waals surface area (Å²) < 4.78 is 44.0. The van der Waals surface area contributed by atoms with Gasteiger partial charge in [0.05, 0.1) is 5.56 Å². The Hall–Kier alpha value is -2.22. The van der Waals surface area contributed by atoms with E-state index in [1.54, 1.807) is 6.07 Å². The van der Waals surface area contributed by atoms with E-state index in [0.29, 0.717) is 18.5 Å². The van der Waals surface area contributed by atoms with Gasteiger partial charge in [-0.25, -0.2) is 4.79 Å². The van der Waals surface area contributed by atoms with Gasteiger partial charge in [0.2, 0.25) is 0 Å². The predicted octanol–water partition coefficient (Wildman–Crippen LogP) is 5.34. The van der Waals surface area contributed by atoms with Gasteiger partial charge in [0.25, 0.3) is 0 Å². The molecule has 2 N–H and O–H groups in total. The van der Waals surface area contributed by atoms with Crippen molar-refractivity contribution in [3.8, 4) is 0 Å². The Bertz CT molecular complexity index is 793. The Morgan fingerprint density at radius 1 is 1.11 bits per heavy atom. The van der Waals surface area contributed by atoms with Crippen LogP contribution >= 0.6 is 15.9 Å². The largest absolute Gasteiger partial charge is 0.445 e. The molecule has 0 radical (unpaired) electrons. The van der Waals surface area contributed by atoms with E-state index in [1.165, 1.54) is 6.07 Å². The number of ether oxygens (including phenoxy) is 1. The van der Waals surface area contributed by atoms with Crippen molar-refractivity contribution in [2.45, 2.75) is 37.7 Å². The number of rotatable bonds is 5. The first-order valence-electron chi connectivity index (χ1n) is 8.42. The molecule has 0 spiro atoms. The van der Waals surface area contributed by atoms with E-state index in [4.69, 9.17) is 4.74 Å². The fourth-order valence-electron chi connectivity index (χ4n) is 2.85. The van der Waals surface area contributed by atoms with Crippen molar-refractivity contribution < 1.29 is 22.7 Å². The molecule has 0 heterocycles. The second kappa shape index (κ2) is 8.21. The van der Waals surface area contributed by atoms with E-state index in [0.717, 1.165) is 11.6 Å². The van der Waals surface area contributed by atoms with Crippen molar-refractivity contribution in [1.82, 2.24) is 5.32 Å². The molecule has 0 saturated heterocycles. The van der Waals surface area contributed by atoms with Crippen LogP contribution in [0.1, 0.15) is 24.0 Å². The minimum absolute atomic E-state index is 0.00619. The van der Waals surface area contributed by atoms with Crippen LogP contribution in [0.5, 0.6) is 0 Å². The topological polar surface area (TPSA) is 50.4 Å². The highest BCUT2D eigenvalue weighted by atomic mass is 79.9. The van der Waals surface area contributed by atoms with Gasteiger partial charge >= 0.3 is 12.3 Å². The number of hydrogen-bond donors (Lipinski definition) is 2. The smallest absolute Gasteiger partial charge is 0.417 e. The summed E-state index contributed by atoms with van der Waals surface area (Å²) in [5.74, 6) is 0. The van der Waals surface area contributed by atoms with Gasteiger partial charge in [0.1, 0.15) is 6.61 Å². The van der Waals surface area contributed by atoms with E-state index in [9.17, 15) is 18.0 Å². The van der Waals surface area contributed by atoms with Crippen molar-refractivity contribution in [1.29, 1.82) is 0 Å². The lowest BCUT2D eigenvalue weighted by atomic mass is 9.86. The molecule has 1 aliphatic carbocycles. The molecule has 1 saturated carbocycles. The lowest BCUT2D eigenvalue weighted by Crippen LogP contribution is -2.49. The molecule has 144 valence electrons. The minimum Gasteiger partial charge on any atom is -0.445 e. The van der Waals surface area contributed by atoms with Crippen LogP contribution in [0.4, 0.5) is 23.7 Å². The maximum absolute atomic E-state index is 12.9. The highest BCUT2D eigenvalue weighted by Crippen LogP contribution is 2.37. The van der Waals surface area contributed by atoms with Crippen molar-refractivity contribution in [2.75, 3.05) is 5.32 Å². The molecule has 2 aromatic rings. The quantitative estimate of drug-likeness (QED) is 0.657. The highest BCUT2D eigenvalue weighted by Gasteiger charge is 2.34. The fourth-order valence-corrected chi connectivity index (χ4v) is 3.32. The van der Waals surface area contributed by atoms with Crippen molar-refractivity contribution in [3.63, 3.8) is 0 Å². The van der Waals surface area contributed by atoms with Gasteiger partial charge in [-0.15, -0.1) is 0 Å². The lowest BCUT2D eigenvalue weighted by Gasteiger charge is -2.36. The molecule has 1 fully saturated rings. The molecular weight excluding hydrogens is 425 g/mol. The van der Waals surface area contributed by atoms with Gasteiger partial charge in [-0.3, -0.25) is 0 Å². The zero-order chi connectivity index (χ0) is 19.4. The Morgan fingerprint density at radius 2 is 1.81 bits per heavy atom. The van der Waals surface area contributed by atoms with Crippen LogP contribution in [0.15, 0.2) is 53.0 Å². The van der Waals surface area contributed by atoms with Gasteiger partial charge < -0.3 is 15.4 Å². The zero-order valence-corrected chi connectivity index (χ0v) is 15.8. The summed E-state index contributed by atoms with van der Waals surface area (Å²) in [6.07, 6.45) is -3.66. The maximum Gasteiger partial charge on any atom is 0.417 e. The maximum atomic E-state index is 12.9. The summed E-state index contributed by atoms with van der Waals surface area (Å²) in [4.78, 5) is 11.8. The molecule has 0 aliphatic heterocycles. The Balaban J connectivity index is 1.43. The molecule has 8 heteroatoms. The molecule has 1 amide bonds. The first-order chi connectivity index (χ1) is 12.8. The molecule has 0 aromatic heterocycles. The molecule has 3 rings (SSSR count). The van der Waals surface area contributed by atoms with Crippen molar-refractivity contribution in [2.24, 2.45) is 0 Å². The van der Waals surface area contributed by atoms with Crippen molar-refractivity contribution >= 4 is 27.7 Å². The van der Waals surface area contributed by atoms with Crippen LogP contribution in [-0.2, 0) is 17.5 Å². The molecule has 27 heavy (non-hydrogen) atoms. The van der Waals surface area contributed by atoms with Crippen LogP contribution in [0.2, 0.25) is 0 Å². The number of carbonyl (C=O) groups excluding carboxylic acids is 1. The summed E-state index contributed by atoms with van der Waals surface area (Å²) in [6, 6.07) is 13.3. The number of nitrogens with one attached hydrogen (secondary N) is 2. The summed E-state index contributed by atoms with van der Waals surface area (Å²) in [7, 11) is 0. The second-order valence-corrected chi connectivity index (χ2v) is 7.26. The summed E-state index contributed by atoms with van der Waals surface area (Å²) in [5.41, 5.74) is 0.586. The molecule has 0 unspecified atom stereocenters. The molecule has 0 atom stereocenters. The van der Waals surface area contributed by atoms with E-state index in [-0.39, 0.29) is 23.2 Å². The first-order valence-corrected chi connectivity index (χ1v) is 9.21. The number of alkyl carbamates (subject to hydrolysis) is 1. The van der Waals surface area contributed by atoms with Gasteiger partial charge in [0.15, 0.2) is 0 Å². The Morgan fingerprint density at radius 3 is 2.48 bits per heavy atom. The summed E-state index contributed by atoms with van der Waals surface area (Å²) >= 11 is 2.92. The SMILES string of the molecule is O=C(NC1CC(Nc2ccc(Br)c(C(F)(F)F)c2)C1)OCc1ccccc1. The van der Waals surface area contributed by atoms with Gasteiger partial charge in [-0.05, 0) is 36.6 Å². The van der Waals surface area contributed by atoms with E-state index in [1.807, 2.05) is 30.3 Å². The Labute approximate surface area is 163 Å². The number of alkyl halides is 3. The summed E-state index contributed by atoms with van der Waals surface area (Å²) in [6.45, 7) is 0.195. The highest BCUT2D eigenvalue weighted by molar-refractivity contribution is 9.10. The van der Waals surface area contributed by atoms with Crippen LogP contribution in [0.3, 0.4) is 0 Å². The third-order valence-electron chi connectivity index (χ3n) is 4.32. The Kier molecular flexibility index (Phi) is 5.94. The zero-order valence-electron chi connectivity index (χ0n) is 14.2. The average Bonchev–Trinajstić information content (AvgIpc) is 2.59. The van der Waals surface area contributed by atoms with Crippen LogP contribution in [0, 0.1) is 0 Å². The molecular formula is C19H18BrF3N2O2. The average molecular weight is 443 g/mol. The van der Waals surface area contributed by atoms with Gasteiger partial charge in [0, 0.05) is 22.2 Å². The standard InChI is InChI=1S/C19H18BrF3N2O2/c20-17-7-6-13(10-16(17)19(21,22)23)24-14-8-15(9-14)25-18(26)27-11-12-4-2-1-3-5-12/h1-7,10,14-15,24H,8-9,11H2,(H,25,26). The first kappa shape index (κ1) is 19.5. The number of hydrogen-bond acceptors (Lipinski definition) is 3. The second-order valence-electron chi connectivity index (χ2n) is 6.41. The molecule has 2 aromatic carbocycles. The third kappa shape index (κ3) is 5.38. The van der Waals surface area contributed by atoms with Gasteiger partial charge in [-0.1, -0.05) is 46.3 Å². The monoisotopic (exact) mass is 442 g/mol. The minimum atomic E-state index is -4.41. The number of halogens is 4. The van der Waals surface area contributed by atoms with E-state index < -0.39 is 17.8 Å². The molecule has 0 bridgehead atoms. The summed E-state index contributed by atoms with van der Waals surface area (Å²) in [5, 5.41) is 5.82. The molecule has 1 aliphatic rings. The van der Waals surface area contributed by atoms with Crippen LogP contribution in [0.25, 0.3) is 0 Å². The number of amides is 1. The lowest BCUT2D eigenvalue weighted by molar-refractivity contribution is -0.138. The van der Waals surface area contributed by atoms with Crippen LogP contribution < -0.4 is 10.6 Å². The predicted molar refractivity (Wildman–Crippen MR) is 99.3 cm³/mol. The number of benzene rings is 2. The van der Waals surface area contributed by atoms with Crippen molar-refractivity contribution in [3.05, 3.63) is 64.1 Å². The van der Waals surface area contributed by atoms with Crippen LogP contribution in [-0.4, -0.2) is 18.2 Å². The third-order valence-corrected chi connectivity index (χ3v) is 5.01. The van der Waals surface area contributed by atoms with E-state index >= 15 is 0 Å². The number of carbonyl (C=O) groups is 1. The molecule has 4 nitrogen and oxygen atoms in total. The fraction of sp³-hybridized carbons (Fsp3) is 0.316. The van der Waals surface area contributed by atoms with Gasteiger partial charge in [-0.2, -0.15) is 13.2 Å².